The third-order valence-electron chi connectivity index (χ3n) is 3.32. The predicted octanol–water partition coefficient (Wildman–Crippen LogP) is 2.90. The molecule has 1 aromatic rings. The van der Waals surface area contributed by atoms with Crippen molar-refractivity contribution in [3.8, 4) is 0 Å². The molecule has 0 amide bonds. The fourth-order valence-corrected chi connectivity index (χ4v) is 5.00. The van der Waals surface area contributed by atoms with Gasteiger partial charge in [-0.15, -0.1) is 0 Å². The number of halogens is 2. The lowest BCUT2D eigenvalue weighted by Gasteiger charge is -2.39. The van der Waals surface area contributed by atoms with Crippen molar-refractivity contribution in [2.75, 3.05) is 0 Å². The molecule has 1 aromatic heterocycles. The van der Waals surface area contributed by atoms with Gasteiger partial charge in [0, 0.05) is 17.4 Å². The molecule has 2 atom stereocenters. The molecule has 0 saturated heterocycles. The molecule has 1 heterocycles. The lowest BCUT2D eigenvalue weighted by atomic mass is 9.93. The highest BCUT2D eigenvalue weighted by Gasteiger charge is 2.50. The van der Waals surface area contributed by atoms with Crippen molar-refractivity contribution in [3.05, 3.63) is 47.3 Å². The number of nitrogens with zero attached hydrogens (tertiary/aromatic N) is 1. The van der Waals surface area contributed by atoms with Gasteiger partial charge >= 0.3 is 0 Å². The molecule has 0 spiro atoms. The number of nitrogens with two attached hydrogens (primary N) is 1. The van der Waals surface area contributed by atoms with Gasteiger partial charge in [0.15, 0.2) is 10.2 Å². The van der Waals surface area contributed by atoms with Crippen LogP contribution in [0.1, 0.15) is 19.8 Å². The second kappa shape index (κ2) is 5.56. The van der Waals surface area contributed by atoms with Crippen LogP contribution in [0.15, 0.2) is 47.3 Å². The average Bonchev–Trinajstić information content (AvgIpc) is 2.85. The van der Waals surface area contributed by atoms with Gasteiger partial charge in [-0.1, -0.05) is 42.6 Å². The molecule has 110 valence electrons. The van der Waals surface area contributed by atoms with Gasteiger partial charge < -0.3 is 4.57 Å². The van der Waals surface area contributed by atoms with Crippen molar-refractivity contribution in [2.45, 2.75) is 30.0 Å². The van der Waals surface area contributed by atoms with E-state index < -0.39 is 20.3 Å². The van der Waals surface area contributed by atoms with Crippen LogP contribution >= 0.6 is 23.2 Å². The predicted molar refractivity (Wildman–Crippen MR) is 82.1 cm³/mol. The molecule has 7 heteroatoms. The van der Waals surface area contributed by atoms with E-state index in [0.29, 0.717) is 6.42 Å². The normalized spacial score (nSPS) is 27.1. The Morgan fingerprint density at radius 2 is 1.95 bits per heavy atom. The Kier molecular flexibility index (Phi) is 4.35. The maximum Gasteiger partial charge on any atom is 0.221 e. The molecule has 1 aliphatic rings. The highest BCUT2D eigenvalue weighted by molar-refractivity contribution is 7.90. The number of allylic oxidation sites excluding steroid dienone is 3. The zero-order chi connectivity index (χ0) is 15.0. The quantitative estimate of drug-likeness (QED) is 0.860. The highest BCUT2D eigenvalue weighted by Crippen LogP contribution is 2.46. The van der Waals surface area contributed by atoms with Gasteiger partial charge in [-0.05, 0) is 30.2 Å². The van der Waals surface area contributed by atoms with Gasteiger partial charge in [-0.25, -0.2) is 13.6 Å². The van der Waals surface area contributed by atoms with E-state index in [9.17, 15) is 8.42 Å². The smallest absolute Gasteiger partial charge is 0.221 e. The van der Waals surface area contributed by atoms with Crippen LogP contribution < -0.4 is 5.14 Å². The number of sulfonamides is 1. The topological polar surface area (TPSA) is 65.1 Å². The second-order valence-corrected chi connectivity index (χ2v) is 7.39. The maximum atomic E-state index is 12.0. The molecule has 0 fully saturated rings. The third-order valence-corrected chi connectivity index (χ3v) is 5.83. The van der Waals surface area contributed by atoms with Crippen LogP contribution in [0.25, 0.3) is 0 Å². The molecular formula is C13H16Cl2N2O2S. The van der Waals surface area contributed by atoms with Gasteiger partial charge in [-0.2, -0.15) is 0 Å². The first-order valence-electron chi connectivity index (χ1n) is 6.22. The van der Waals surface area contributed by atoms with Gasteiger partial charge in [0.05, 0.1) is 0 Å². The van der Waals surface area contributed by atoms with E-state index in [4.69, 9.17) is 28.3 Å². The Hall–Kier alpha value is -0.750. The highest BCUT2D eigenvalue weighted by atomic mass is 35.5. The summed E-state index contributed by atoms with van der Waals surface area (Å²) in [6.45, 7) is 2.00. The van der Waals surface area contributed by atoms with Crippen LogP contribution in [-0.4, -0.2) is 18.2 Å². The van der Waals surface area contributed by atoms with E-state index in [1.54, 1.807) is 41.2 Å². The van der Waals surface area contributed by atoms with E-state index in [0.717, 1.165) is 12.0 Å². The van der Waals surface area contributed by atoms with Crippen LogP contribution in [-0.2, 0) is 15.0 Å². The van der Waals surface area contributed by atoms with Crippen molar-refractivity contribution in [1.82, 2.24) is 4.57 Å². The number of rotatable bonds is 4. The number of hydrogen-bond acceptors (Lipinski definition) is 2. The van der Waals surface area contributed by atoms with Crippen LogP contribution in [0.4, 0.5) is 0 Å². The van der Waals surface area contributed by atoms with E-state index >= 15 is 0 Å². The number of alkyl halides is 1. The second-order valence-electron chi connectivity index (χ2n) is 4.73. The largest absolute Gasteiger partial charge is 0.330 e. The summed E-state index contributed by atoms with van der Waals surface area (Å²) in [6, 6.07) is 3.56. The summed E-state index contributed by atoms with van der Waals surface area (Å²) in [4.78, 5) is -1.32. The lowest BCUT2D eigenvalue weighted by Crippen LogP contribution is -2.49. The fraction of sp³-hybridized carbons (Fsp3) is 0.385. The summed E-state index contributed by atoms with van der Waals surface area (Å²) in [5.41, 5.74) is 0.779. The average molecular weight is 335 g/mol. The fourth-order valence-electron chi connectivity index (χ4n) is 2.49. The van der Waals surface area contributed by atoms with E-state index in [-0.39, 0.29) is 5.03 Å². The minimum Gasteiger partial charge on any atom is -0.330 e. The molecule has 0 bridgehead atoms. The Morgan fingerprint density at radius 1 is 1.35 bits per heavy atom. The van der Waals surface area contributed by atoms with Crippen molar-refractivity contribution >= 4 is 33.2 Å². The molecule has 20 heavy (non-hydrogen) atoms. The van der Waals surface area contributed by atoms with Gasteiger partial charge in [-0.3, -0.25) is 0 Å². The van der Waals surface area contributed by atoms with Crippen LogP contribution in [0.3, 0.4) is 0 Å². The molecule has 0 saturated carbocycles. The zero-order valence-corrected chi connectivity index (χ0v) is 13.3. The van der Waals surface area contributed by atoms with E-state index in [2.05, 4.69) is 0 Å². The summed E-state index contributed by atoms with van der Waals surface area (Å²) in [7, 11) is -3.95. The molecule has 0 aliphatic heterocycles. The first-order chi connectivity index (χ1) is 9.31. The summed E-state index contributed by atoms with van der Waals surface area (Å²) < 4.78 is 25.6. The molecular weight excluding hydrogens is 319 g/mol. The standard InChI is InChI=1S/C13H16Cl2N2O2S/c1-2-5-10-6-7-11(14)12(20(16,18)19)13(10,15)17-8-3-4-9-17/h3-4,6-9,12H,2,5H2,1H3,(H2,16,18,19). The Balaban J connectivity index is 2.67. The molecule has 2 rings (SSSR count). The maximum absolute atomic E-state index is 12.0. The SMILES string of the molecule is CCCC1=CC=C(Cl)C(S(N)(=O)=O)C1(Cl)n1cccc1. The van der Waals surface area contributed by atoms with E-state index in [1.165, 1.54) is 0 Å². The molecule has 4 nitrogen and oxygen atoms in total. The summed E-state index contributed by atoms with van der Waals surface area (Å²) >= 11 is 12.8. The summed E-state index contributed by atoms with van der Waals surface area (Å²) in [5, 5.41) is 4.29. The lowest BCUT2D eigenvalue weighted by molar-refractivity contribution is 0.469. The summed E-state index contributed by atoms with van der Waals surface area (Å²) in [6.07, 6.45) is 8.26. The van der Waals surface area contributed by atoms with Crippen molar-refractivity contribution in [1.29, 1.82) is 0 Å². The molecule has 1 aliphatic carbocycles. The van der Waals surface area contributed by atoms with E-state index in [1.807, 2.05) is 6.92 Å². The van der Waals surface area contributed by atoms with Crippen LogP contribution in [0.5, 0.6) is 0 Å². The minimum absolute atomic E-state index is 0.121. The molecule has 0 radical (unpaired) electrons. The Morgan fingerprint density at radius 3 is 2.45 bits per heavy atom. The van der Waals surface area contributed by atoms with Crippen molar-refractivity contribution < 1.29 is 8.42 Å². The van der Waals surface area contributed by atoms with Crippen LogP contribution in [0.2, 0.25) is 0 Å². The zero-order valence-electron chi connectivity index (χ0n) is 11.0. The monoisotopic (exact) mass is 334 g/mol. The molecule has 2 unspecified atom stereocenters. The van der Waals surface area contributed by atoms with Crippen molar-refractivity contribution in [2.24, 2.45) is 5.14 Å². The van der Waals surface area contributed by atoms with Gasteiger partial charge in [0.25, 0.3) is 0 Å². The Labute approximate surface area is 128 Å². The first kappa shape index (κ1) is 15.6. The number of primary sulfonamides is 1. The van der Waals surface area contributed by atoms with Crippen molar-refractivity contribution in [3.63, 3.8) is 0 Å². The Bertz CT molecular complexity index is 650. The first-order valence-corrected chi connectivity index (χ1v) is 8.59. The number of hydrogen-bond donors (Lipinski definition) is 1. The van der Waals surface area contributed by atoms with Gasteiger partial charge in [0.2, 0.25) is 10.0 Å². The summed E-state index contributed by atoms with van der Waals surface area (Å²) in [5.74, 6) is 0. The third kappa shape index (κ3) is 2.55. The molecule has 0 aromatic carbocycles. The van der Waals surface area contributed by atoms with Crippen LogP contribution in [0, 0.1) is 0 Å². The van der Waals surface area contributed by atoms with Gasteiger partial charge in [0.1, 0.15) is 0 Å². The minimum atomic E-state index is -3.95. The molecule has 2 N–H and O–H groups in total. The number of aromatic nitrogens is 1.